The number of carbonyl (C=O) groups is 2. The lowest BCUT2D eigenvalue weighted by atomic mass is 9.75. The second kappa shape index (κ2) is 5.50. The van der Waals surface area contributed by atoms with Crippen LogP contribution in [0.3, 0.4) is 0 Å². The van der Waals surface area contributed by atoms with Crippen molar-refractivity contribution in [2.45, 2.75) is 31.8 Å². The van der Waals surface area contributed by atoms with E-state index in [-0.39, 0.29) is 5.91 Å². The molecule has 2 aromatic rings. The van der Waals surface area contributed by atoms with Crippen molar-refractivity contribution < 1.29 is 14.7 Å². The first-order valence-electron chi connectivity index (χ1n) is 7.45. The molecule has 1 amide bonds. The quantitative estimate of drug-likeness (QED) is 0.946. The van der Waals surface area contributed by atoms with Crippen molar-refractivity contribution in [1.29, 1.82) is 0 Å². The molecule has 0 saturated carbocycles. The minimum Gasteiger partial charge on any atom is -0.481 e. The number of nitrogens with zero attached hydrogens (tertiary/aromatic N) is 2. The van der Waals surface area contributed by atoms with Crippen molar-refractivity contribution in [3.63, 3.8) is 0 Å². The number of aliphatic carboxylic acids is 1. The molecule has 1 N–H and O–H groups in total. The second-order valence-corrected chi connectivity index (χ2v) is 6.26. The van der Waals surface area contributed by atoms with E-state index >= 15 is 0 Å². The number of carboxylic acids is 1. The highest BCUT2D eigenvalue weighted by molar-refractivity contribution is 6.00. The molecule has 0 fully saturated rings. The first-order valence-corrected chi connectivity index (χ1v) is 7.45. The number of aromatic nitrogens is 1. The predicted molar refractivity (Wildman–Crippen MR) is 85.0 cm³/mol. The van der Waals surface area contributed by atoms with Crippen LogP contribution in [0, 0.1) is 0 Å². The number of carboxylic acid groups (broad SMARTS) is 1. The summed E-state index contributed by atoms with van der Waals surface area (Å²) in [5.41, 5.74) is 1.07. The summed E-state index contributed by atoms with van der Waals surface area (Å²) in [6.07, 6.45) is 3.36. The van der Waals surface area contributed by atoms with Gasteiger partial charge < -0.3 is 10.0 Å². The van der Waals surface area contributed by atoms with E-state index < -0.39 is 17.4 Å². The van der Waals surface area contributed by atoms with Crippen molar-refractivity contribution in [2.75, 3.05) is 0 Å². The molecule has 23 heavy (non-hydrogen) atoms. The van der Waals surface area contributed by atoms with Crippen molar-refractivity contribution in [2.24, 2.45) is 0 Å². The summed E-state index contributed by atoms with van der Waals surface area (Å²) in [7, 11) is 0. The van der Waals surface area contributed by atoms with Crippen LogP contribution in [0.1, 0.15) is 41.3 Å². The second-order valence-electron chi connectivity index (χ2n) is 6.26. The van der Waals surface area contributed by atoms with Gasteiger partial charge in [-0.05, 0) is 37.1 Å². The highest BCUT2D eigenvalue weighted by atomic mass is 16.4. The molecule has 0 saturated heterocycles. The van der Waals surface area contributed by atoms with Crippen LogP contribution in [-0.4, -0.2) is 32.4 Å². The summed E-state index contributed by atoms with van der Waals surface area (Å²) in [6.45, 7) is 3.93. The monoisotopic (exact) mass is 310 g/mol. The maximum atomic E-state index is 12.9. The van der Waals surface area contributed by atoms with Crippen LogP contribution in [0.5, 0.6) is 0 Å². The van der Waals surface area contributed by atoms with E-state index in [1.54, 1.807) is 61.5 Å². The average Bonchev–Trinajstić information content (AvgIpc) is 2.52. The Labute approximate surface area is 134 Å². The Kier molecular flexibility index (Phi) is 3.64. The van der Waals surface area contributed by atoms with E-state index in [4.69, 9.17) is 0 Å². The molecule has 0 radical (unpaired) electrons. The SMILES string of the molecule is CC1(C)C(C(=O)O)c2ccccc2C(=O)N1Cc1cccnc1. The van der Waals surface area contributed by atoms with Gasteiger partial charge in [-0.1, -0.05) is 24.3 Å². The zero-order valence-electron chi connectivity index (χ0n) is 13.1. The molecule has 0 bridgehead atoms. The third kappa shape index (κ3) is 2.48. The van der Waals surface area contributed by atoms with Crippen molar-refractivity contribution >= 4 is 11.9 Å². The zero-order chi connectivity index (χ0) is 16.6. The first-order chi connectivity index (χ1) is 10.9. The molecule has 1 aliphatic heterocycles. The number of pyridine rings is 1. The molecule has 5 heteroatoms. The molecule has 1 aliphatic rings. The Hall–Kier alpha value is -2.69. The van der Waals surface area contributed by atoms with Gasteiger partial charge in [0.05, 0.1) is 5.54 Å². The summed E-state index contributed by atoms with van der Waals surface area (Å²) in [6, 6.07) is 10.6. The first kappa shape index (κ1) is 15.2. The van der Waals surface area contributed by atoms with Gasteiger partial charge in [0, 0.05) is 24.5 Å². The average molecular weight is 310 g/mol. The molecular formula is C18H18N2O3. The van der Waals surface area contributed by atoms with Crippen LogP contribution < -0.4 is 0 Å². The fourth-order valence-corrected chi connectivity index (χ4v) is 3.27. The Morgan fingerprint density at radius 2 is 2.00 bits per heavy atom. The van der Waals surface area contributed by atoms with Crippen molar-refractivity contribution in [3.8, 4) is 0 Å². The highest BCUT2D eigenvalue weighted by Gasteiger charge is 2.48. The Balaban J connectivity index is 2.10. The van der Waals surface area contributed by atoms with Gasteiger partial charge in [-0.2, -0.15) is 0 Å². The van der Waals surface area contributed by atoms with Gasteiger partial charge in [-0.25, -0.2) is 0 Å². The van der Waals surface area contributed by atoms with Crippen LogP contribution in [0.4, 0.5) is 0 Å². The lowest BCUT2D eigenvalue weighted by Crippen LogP contribution is -2.56. The largest absolute Gasteiger partial charge is 0.481 e. The van der Waals surface area contributed by atoms with Gasteiger partial charge in [-0.3, -0.25) is 14.6 Å². The maximum Gasteiger partial charge on any atom is 0.313 e. The van der Waals surface area contributed by atoms with E-state index in [0.717, 1.165) is 5.56 Å². The number of hydrogen-bond donors (Lipinski definition) is 1. The molecule has 5 nitrogen and oxygen atoms in total. The summed E-state index contributed by atoms with van der Waals surface area (Å²) >= 11 is 0. The molecule has 0 spiro atoms. The van der Waals surface area contributed by atoms with Gasteiger partial charge in [0.2, 0.25) is 0 Å². The fraction of sp³-hybridized carbons (Fsp3) is 0.278. The minimum atomic E-state index is -0.925. The standard InChI is InChI=1S/C18H18N2O3/c1-18(2)15(17(22)23)13-7-3-4-8-14(13)16(21)20(18)11-12-6-5-9-19-10-12/h3-10,15H,11H2,1-2H3,(H,22,23). The number of benzene rings is 1. The fourth-order valence-electron chi connectivity index (χ4n) is 3.27. The van der Waals surface area contributed by atoms with Crippen molar-refractivity contribution in [3.05, 3.63) is 65.5 Å². The topological polar surface area (TPSA) is 70.5 Å². The Morgan fingerprint density at radius 1 is 1.26 bits per heavy atom. The smallest absolute Gasteiger partial charge is 0.313 e. The van der Waals surface area contributed by atoms with Crippen LogP contribution >= 0.6 is 0 Å². The number of carbonyl (C=O) groups excluding carboxylic acids is 1. The predicted octanol–water partition coefficient (Wildman–Crippen LogP) is 2.68. The van der Waals surface area contributed by atoms with Gasteiger partial charge in [-0.15, -0.1) is 0 Å². The summed E-state index contributed by atoms with van der Waals surface area (Å²) in [5.74, 6) is -1.84. The molecule has 1 atom stereocenters. The summed E-state index contributed by atoms with van der Waals surface area (Å²) in [5, 5.41) is 9.74. The van der Waals surface area contributed by atoms with Gasteiger partial charge in [0.15, 0.2) is 0 Å². The molecule has 118 valence electrons. The Morgan fingerprint density at radius 3 is 2.65 bits per heavy atom. The number of rotatable bonds is 3. The molecule has 1 aromatic carbocycles. The van der Waals surface area contributed by atoms with Crippen molar-refractivity contribution in [1.82, 2.24) is 9.88 Å². The molecular weight excluding hydrogens is 292 g/mol. The minimum absolute atomic E-state index is 0.146. The molecule has 1 aromatic heterocycles. The summed E-state index contributed by atoms with van der Waals surface area (Å²) in [4.78, 5) is 30.5. The van der Waals surface area contributed by atoms with Crippen LogP contribution in [0.2, 0.25) is 0 Å². The molecule has 3 rings (SSSR count). The van der Waals surface area contributed by atoms with E-state index in [1.807, 2.05) is 6.07 Å². The number of amides is 1. The Bertz CT molecular complexity index is 756. The lowest BCUT2D eigenvalue weighted by Gasteiger charge is -2.46. The van der Waals surface area contributed by atoms with Gasteiger partial charge in [0.1, 0.15) is 5.92 Å². The van der Waals surface area contributed by atoms with E-state index in [2.05, 4.69) is 4.98 Å². The van der Waals surface area contributed by atoms with Gasteiger partial charge in [0.25, 0.3) is 5.91 Å². The molecule has 0 aliphatic carbocycles. The van der Waals surface area contributed by atoms with E-state index in [0.29, 0.717) is 17.7 Å². The summed E-state index contributed by atoms with van der Waals surface area (Å²) < 4.78 is 0. The lowest BCUT2D eigenvalue weighted by molar-refractivity contribution is -0.142. The normalized spacial score (nSPS) is 19.3. The molecule has 2 heterocycles. The highest BCUT2D eigenvalue weighted by Crippen LogP contribution is 2.41. The molecule has 1 unspecified atom stereocenters. The van der Waals surface area contributed by atoms with Crippen LogP contribution in [0.25, 0.3) is 0 Å². The third-order valence-electron chi connectivity index (χ3n) is 4.46. The van der Waals surface area contributed by atoms with E-state index in [1.165, 1.54) is 0 Å². The zero-order valence-corrected chi connectivity index (χ0v) is 13.1. The third-order valence-corrected chi connectivity index (χ3v) is 4.46. The number of hydrogen-bond acceptors (Lipinski definition) is 3. The maximum absolute atomic E-state index is 12.9. The van der Waals surface area contributed by atoms with Crippen LogP contribution in [-0.2, 0) is 11.3 Å². The number of fused-ring (bicyclic) bond motifs is 1. The van der Waals surface area contributed by atoms with Crippen LogP contribution in [0.15, 0.2) is 48.8 Å². The van der Waals surface area contributed by atoms with Gasteiger partial charge >= 0.3 is 5.97 Å². The van der Waals surface area contributed by atoms with E-state index in [9.17, 15) is 14.7 Å².